The summed E-state index contributed by atoms with van der Waals surface area (Å²) in [7, 11) is 0. The summed E-state index contributed by atoms with van der Waals surface area (Å²) in [5.41, 5.74) is 0.598. The highest BCUT2D eigenvalue weighted by molar-refractivity contribution is 5.87. The molecule has 1 aromatic heterocycles. The molecule has 8 nitrogen and oxygen atoms in total. The van der Waals surface area contributed by atoms with Crippen LogP contribution in [-0.4, -0.2) is 30.7 Å². The molecule has 0 atom stereocenters. The number of rotatable bonds is 9. The van der Waals surface area contributed by atoms with Crippen LogP contribution in [0.5, 0.6) is 11.5 Å². The van der Waals surface area contributed by atoms with Gasteiger partial charge < -0.3 is 18.6 Å². The Balaban J connectivity index is 1.48. The number of furan rings is 1. The average Bonchev–Trinajstić information content (AvgIpc) is 3.23. The topological polar surface area (TPSA) is 101 Å². The molecular weight excluding hydrogens is 378 g/mol. The highest BCUT2D eigenvalue weighted by Crippen LogP contribution is 2.25. The Morgan fingerprint density at radius 1 is 0.931 bits per heavy atom. The molecule has 3 aromatic rings. The first kappa shape index (κ1) is 19.9. The second-order valence-electron chi connectivity index (χ2n) is 5.86. The van der Waals surface area contributed by atoms with Crippen molar-refractivity contribution in [3.8, 4) is 22.8 Å². The van der Waals surface area contributed by atoms with Gasteiger partial charge in [0.25, 0.3) is 5.69 Å². The van der Waals surface area contributed by atoms with Crippen LogP contribution in [0.4, 0.5) is 5.69 Å². The summed E-state index contributed by atoms with van der Waals surface area (Å²) in [6.45, 7) is 2.75. The molecule has 8 heteroatoms. The molecule has 0 saturated heterocycles. The maximum absolute atomic E-state index is 12.1. The average molecular weight is 397 g/mol. The first-order valence-electron chi connectivity index (χ1n) is 8.94. The first-order valence-corrected chi connectivity index (χ1v) is 8.94. The number of hydrogen-bond donors (Lipinski definition) is 0. The van der Waals surface area contributed by atoms with Crippen molar-refractivity contribution in [1.82, 2.24) is 0 Å². The Bertz CT molecular complexity index is 961. The zero-order chi connectivity index (χ0) is 20.6. The van der Waals surface area contributed by atoms with Gasteiger partial charge >= 0.3 is 5.97 Å². The third kappa shape index (κ3) is 5.35. The number of hydrogen-bond acceptors (Lipinski definition) is 7. The third-order valence-corrected chi connectivity index (χ3v) is 3.89. The number of carbonyl (C=O) groups is 1. The minimum absolute atomic E-state index is 0.0209. The Morgan fingerprint density at radius 3 is 2.21 bits per heavy atom. The van der Waals surface area contributed by atoms with Crippen LogP contribution in [0.2, 0.25) is 0 Å². The van der Waals surface area contributed by atoms with Gasteiger partial charge in [-0.1, -0.05) is 0 Å². The van der Waals surface area contributed by atoms with Crippen molar-refractivity contribution in [2.24, 2.45) is 0 Å². The first-order chi connectivity index (χ1) is 14.1. The molecule has 0 aliphatic carbocycles. The van der Waals surface area contributed by atoms with Gasteiger partial charge in [0.15, 0.2) is 0 Å². The lowest BCUT2D eigenvalue weighted by molar-refractivity contribution is -0.384. The molecule has 0 aliphatic heterocycles. The summed E-state index contributed by atoms with van der Waals surface area (Å²) in [6, 6.07) is 16.1. The molecule has 0 bridgehead atoms. The largest absolute Gasteiger partial charge is 0.494 e. The minimum atomic E-state index is -0.617. The molecule has 1 heterocycles. The summed E-state index contributed by atoms with van der Waals surface area (Å²) < 4.78 is 21.5. The fourth-order valence-electron chi connectivity index (χ4n) is 2.51. The van der Waals surface area contributed by atoms with Gasteiger partial charge in [-0.25, -0.2) is 4.79 Å². The van der Waals surface area contributed by atoms with E-state index in [-0.39, 0.29) is 24.7 Å². The summed E-state index contributed by atoms with van der Waals surface area (Å²) >= 11 is 0. The smallest absolute Gasteiger partial charge is 0.374 e. The van der Waals surface area contributed by atoms with E-state index in [9.17, 15) is 14.9 Å². The number of non-ortho nitro benzene ring substituents is 1. The molecule has 0 unspecified atom stereocenters. The molecule has 0 amide bonds. The van der Waals surface area contributed by atoms with Crippen LogP contribution < -0.4 is 9.47 Å². The van der Waals surface area contributed by atoms with Crippen molar-refractivity contribution in [3.63, 3.8) is 0 Å². The van der Waals surface area contributed by atoms with Crippen LogP contribution in [0.3, 0.4) is 0 Å². The highest BCUT2D eigenvalue weighted by atomic mass is 16.6. The Labute approximate surface area is 166 Å². The van der Waals surface area contributed by atoms with E-state index in [2.05, 4.69) is 0 Å². The molecule has 0 N–H and O–H groups in total. The van der Waals surface area contributed by atoms with Gasteiger partial charge in [-0.05, 0) is 55.5 Å². The second kappa shape index (κ2) is 9.41. The number of nitro benzene ring substituents is 1. The monoisotopic (exact) mass is 397 g/mol. The van der Waals surface area contributed by atoms with E-state index in [1.165, 1.54) is 18.2 Å². The molecular formula is C21H19NO7. The molecule has 0 saturated carbocycles. The standard InChI is InChI=1S/C21H19NO7/c1-2-26-17-7-9-18(10-8-17)27-13-14-28-21(23)20-12-11-19(29-20)15-3-5-16(6-4-15)22(24)25/h3-12H,2,13-14H2,1H3. The molecule has 29 heavy (non-hydrogen) atoms. The molecule has 0 aliphatic rings. The van der Waals surface area contributed by atoms with Crippen molar-refractivity contribution in [1.29, 1.82) is 0 Å². The van der Waals surface area contributed by atoms with E-state index in [1.54, 1.807) is 42.5 Å². The van der Waals surface area contributed by atoms with E-state index in [0.29, 0.717) is 23.7 Å². The van der Waals surface area contributed by atoms with Crippen molar-refractivity contribution in [2.75, 3.05) is 19.8 Å². The molecule has 0 radical (unpaired) electrons. The van der Waals surface area contributed by atoms with Crippen molar-refractivity contribution >= 4 is 11.7 Å². The number of nitrogens with zero attached hydrogens (tertiary/aromatic N) is 1. The number of esters is 1. The fraction of sp³-hybridized carbons (Fsp3) is 0.190. The van der Waals surface area contributed by atoms with Crippen molar-refractivity contribution in [3.05, 3.63) is 76.5 Å². The quantitative estimate of drug-likeness (QED) is 0.227. The maximum Gasteiger partial charge on any atom is 0.374 e. The lowest BCUT2D eigenvalue weighted by atomic mass is 10.1. The van der Waals surface area contributed by atoms with Crippen LogP contribution in [0, 0.1) is 10.1 Å². The number of ether oxygens (including phenoxy) is 3. The number of nitro groups is 1. The Morgan fingerprint density at radius 2 is 1.59 bits per heavy atom. The molecule has 3 rings (SSSR count). The fourth-order valence-corrected chi connectivity index (χ4v) is 2.51. The van der Waals surface area contributed by atoms with Gasteiger partial charge in [0.2, 0.25) is 5.76 Å². The van der Waals surface area contributed by atoms with E-state index in [4.69, 9.17) is 18.6 Å². The van der Waals surface area contributed by atoms with Crippen LogP contribution >= 0.6 is 0 Å². The number of benzene rings is 2. The van der Waals surface area contributed by atoms with Gasteiger partial charge in [-0.15, -0.1) is 0 Å². The predicted molar refractivity (Wildman–Crippen MR) is 104 cm³/mol. The van der Waals surface area contributed by atoms with Crippen LogP contribution in [0.1, 0.15) is 17.5 Å². The highest BCUT2D eigenvalue weighted by Gasteiger charge is 2.14. The summed E-state index contributed by atoms with van der Waals surface area (Å²) in [5.74, 6) is 1.24. The van der Waals surface area contributed by atoms with Crippen LogP contribution in [0.15, 0.2) is 65.1 Å². The van der Waals surface area contributed by atoms with Crippen molar-refractivity contribution < 1.29 is 28.3 Å². The SMILES string of the molecule is CCOc1ccc(OCCOC(=O)c2ccc(-c3ccc([N+](=O)[O-])cc3)o2)cc1. The normalized spacial score (nSPS) is 10.4. The molecule has 0 fully saturated rings. The maximum atomic E-state index is 12.1. The van der Waals surface area contributed by atoms with E-state index in [0.717, 1.165) is 5.75 Å². The Hall–Kier alpha value is -3.81. The summed E-state index contributed by atoms with van der Waals surface area (Å²) in [5, 5.41) is 10.7. The van der Waals surface area contributed by atoms with Crippen LogP contribution in [-0.2, 0) is 4.74 Å². The summed E-state index contributed by atoms with van der Waals surface area (Å²) in [4.78, 5) is 22.3. The van der Waals surface area contributed by atoms with Gasteiger partial charge in [-0.3, -0.25) is 10.1 Å². The number of carbonyl (C=O) groups excluding carboxylic acids is 1. The minimum Gasteiger partial charge on any atom is -0.494 e. The van der Waals surface area contributed by atoms with E-state index < -0.39 is 10.9 Å². The molecule has 150 valence electrons. The summed E-state index contributed by atoms with van der Waals surface area (Å²) in [6.07, 6.45) is 0. The Kier molecular flexibility index (Phi) is 6.47. The molecule has 0 spiro atoms. The lowest BCUT2D eigenvalue weighted by Gasteiger charge is -2.08. The zero-order valence-electron chi connectivity index (χ0n) is 15.7. The lowest BCUT2D eigenvalue weighted by Crippen LogP contribution is -2.11. The predicted octanol–water partition coefficient (Wildman–Crippen LogP) is 4.49. The van der Waals surface area contributed by atoms with Gasteiger partial charge in [-0.2, -0.15) is 0 Å². The van der Waals surface area contributed by atoms with Crippen LogP contribution in [0.25, 0.3) is 11.3 Å². The van der Waals surface area contributed by atoms with E-state index >= 15 is 0 Å². The molecule has 2 aromatic carbocycles. The van der Waals surface area contributed by atoms with Gasteiger partial charge in [0.1, 0.15) is 30.5 Å². The second-order valence-corrected chi connectivity index (χ2v) is 5.86. The van der Waals surface area contributed by atoms with E-state index in [1.807, 2.05) is 6.92 Å². The third-order valence-electron chi connectivity index (χ3n) is 3.89. The van der Waals surface area contributed by atoms with Crippen molar-refractivity contribution in [2.45, 2.75) is 6.92 Å². The zero-order valence-corrected chi connectivity index (χ0v) is 15.7. The van der Waals surface area contributed by atoms with Gasteiger partial charge in [0.05, 0.1) is 11.5 Å². The van der Waals surface area contributed by atoms with Gasteiger partial charge in [0, 0.05) is 17.7 Å².